The SMILES string of the molecule is Cc1cc(OC(F)(F)F)cc(Br)c1N=C=S. The summed E-state index contributed by atoms with van der Waals surface area (Å²) in [6.45, 7) is 1.60. The largest absolute Gasteiger partial charge is 0.573 e. The molecule has 2 nitrogen and oxygen atoms in total. The van der Waals surface area contributed by atoms with Gasteiger partial charge >= 0.3 is 6.36 Å². The first-order valence-electron chi connectivity index (χ1n) is 3.97. The Morgan fingerprint density at radius 3 is 2.50 bits per heavy atom. The first kappa shape index (κ1) is 13.2. The summed E-state index contributed by atoms with van der Waals surface area (Å²) in [5.41, 5.74) is 0.940. The molecule has 0 heterocycles. The number of benzene rings is 1. The Balaban J connectivity index is 3.14. The standard InChI is InChI=1S/C9H5BrF3NOS/c1-5-2-6(15-9(11,12)13)3-7(10)8(5)14-4-16/h2-3H,1H3. The molecule has 1 rings (SSSR count). The number of rotatable bonds is 2. The van der Waals surface area contributed by atoms with Gasteiger partial charge < -0.3 is 4.74 Å². The van der Waals surface area contributed by atoms with Crippen LogP contribution in [0.2, 0.25) is 0 Å². The normalized spacial score (nSPS) is 10.8. The zero-order valence-electron chi connectivity index (χ0n) is 7.93. The Labute approximate surface area is 103 Å². The highest BCUT2D eigenvalue weighted by Gasteiger charge is 2.31. The number of isothiocyanates is 1. The van der Waals surface area contributed by atoms with E-state index in [4.69, 9.17) is 0 Å². The third-order valence-electron chi connectivity index (χ3n) is 1.62. The average molecular weight is 312 g/mol. The second kappa shape index (κ2) is 4.95. The summed E-state index contributed by atoms with van der Waals surface area (Å²) in [5, 5.41) is 2.15. The maximum absolute atomic E-state index is 12.0. The van der Waals surface area contributed by atoms with Crippen molar-refractivity contribution in [3.8, 4) is 5.75 Å². The van der Waals surface area contributed by atoms with Crippen LogP contribution in [0.15, 0.2) is 21.6 Å². The second-order valence-corrected chi connectivity index (χ2v) is 3.86. The van der Waals surface area contributed by atoms with Crippen molar-refractivity contribution in [2.45, 2.75) is 13.3 Å². The summed E-state index contributed by atoms with van der Waals surface area (Å²) in [7, 11) is 0. The van der Waals surface area contributed by atoms with Crippen molar-refractivity contribution in [3.63, 3.8) is 0 Å². The highest BCUT2D eigenvalue weighted by molar-refractivity contribution is 9.10. The smallest absolute Gasteiger partial charge is 0.406 e. The van der Waals surface area contributed by atoms with E-state index in [-0.39, 0.29) is 5.75 Å². The van der Waals surface area contributed by atoms with Gasteiger partial charge in [-0.2, -0.15) is 4.99 Å². The van der Waals surface area contributed by atoms with Gasteiger partial charge in [-0.3, -0.25) is 0 Å². The van der Waals surface area contributed by atoms with E-state index in [1.807, 2.05) is 0 Å². The molecule has 0 amide bonds. The highest BCUT2D eigenvalue weighted by atomic mass is 79.9. The lowest BCUT2D eigenvalue weighted by Gasteiger charge is -2.11. The number of alkyl halides is 3. The maximum atomic E-state index is 12.0. The molecule has 0 N–H and O–H groups in total. The third kappa shape index (κ3) is 3.59. The Morgan fingerprint density at radius 2 is 2.06 bits per heavy atom. The molecular formula is C9H5BrF3NOS. The Morgan fingerprint density at radius 1 is 1.44 bits per heavy atom. The predicted molar refractivity (Wildman–Crippen MR) is 60.2 cm³/mol. The van der Waals surface area contributed by atoms with Crippen LogP contribution in [0.1, 0.15) is 5.56 Å². The summed E-state index contributed by atoms with van der Waals surface area (Å²) in [5.74, 6) is -0.305. The number of hydrogen-bond acceptors (Lipinski definition) is 3. The van der Waals surface area contributed by atoms with Crippen molar-refractivity contribution in [3.05, 3.63) is 22.2 Å². The third-order valence-corrected chi connectivity index (χ3v) is 2.31. The van der Waals surface area contributed by atoms with Gasteiger partial charge in [0.1, 0.15) is 5.75 Å². The number of aliphatic imine (C=N–C) groups is 1. The summed E-state index contributed by atoms with van der Waals surface area (Å²) < 4.78 is 40.0. The van der Waals surface area contributed by atoms with Gasteiger partial charge in [0.05, 0.1) is 10.8 Å². The number of thiocarbonyl (C=S) groups is 1. The fraction of sp³-hybridized carbons (Fsp3) is 0.222. The molecule has 0 aromatic heterocycles. The molecule has 0 radical (unpaired) electrons. The van der Waals surface area contributed by atoms with Crippen molar-refractivity contribution < 1.29 is 17.9 Å². The minimum Gasteiger partial charge on any atom is -0.406 e. The molecule has 0 spiro atoms. The van der Waals surface area contributed by atoms with Crippen LogP contribution in [-0.4, -0.2) is 11.5 Å². The topological polar surface area (TPSA) is 21.6 Å². The molecule has 86 valence electrons. The number of halogens is 4. The van der Waals surface area contributed by atoms with Gasteiger partial charge in [0.15, 0.2) is 0 Å². The van der Waals surface area contributed by atoms with Crippen molar-refractivity contribution in [1.82, 2.24) is 0 Å². The second-order valence-electron chi connectivity index (χ2n) is 2.82. The van der Waals surface area contributed by atoms with Crippen molar-refractivity contribution >= 4 is 39.0 Å². The summed E-state index contributed by atoms with van der Waals surface area (Å²) >= 11 is 7.50. The van der Waals surface area contributed by atoms with Crippen LogP contribution in [-0.2, 0) is 0 Å². The van der Waals surface area contributed by atoms with E-state index in [1.165, 1.54) is 12.1 Å². The molecule has 16 heavy (non-hydrogen) atoms. The average Bonchev–Trinajstić information content (AvgIpc) is 2.08. The first-order valence-corrected chi connectivity index (χ1v) is 5.17. The first-order chi connectivity index (χ1) is 7.33. The summed E-state index contributed by atoms with van der Waals surface area (Å²) in [6, 6.07) is 2.40. The van der Waals surface area contributed by atoms with Crippen LogP contribution < -0.4 is 4.74 Å². The summed E-state index contributed by atoms with van der Waals surface area (Å²) in [6.07, 6.45) is -4.71. The van der Waals surface area contributed by atoms with Crippen molar-refractivity contribution in [2.75, 3.05) is 0 Å². The number of hydrogen-bond donors (Lipinski definition) is 0. The van der Waals surface area contributed by atoms with Gasteiger partial charge in [0.2, 0.25) is 0 Å². The van der Waals surface area contributed by atoms with E-state index in [0.29, 0.717) is 15.7 Å². The van der Waals surface area contributed by atoms with E-state index in [0.717, 1.165) is 0 Å². The fourth-order valence-corrected chi connectivity index (χ4v) is 1.80. The molecule has 0 aliphatic rings. The summed E-state index contributed by atoms with van der Waals surface area (Å²) in [4.78, 5) is 3.72. The minimum absolute atomic E-state index is 0.305. The molecule has 0 bridgehead atoms. The van der Waals surface area contributed by atoms with Gasteiger partial charge in [0.25, 0.3) is 0 Å². The van der Waals surface area contributed by atoms with Crippen LogP contribution in [0.5, 0.6) is 5.75 Å². The van der Waals surface area contributed by atoms with Crippen molar-refractivity contribution in [1.29, 1.82) is 0 Å². The van der Waals surface area contributed by atoms with E-state index in [9.17, 15) is 13.2 Å². The van der Waals surface area contributed by atoms with E-state index < -0.39 is 6.36 Å². The molecule has 0 saturated heterocycles. The van der Waals surface area contributed by atoms with Crippen LogP contribution in [0.3, 0.4) is 0 Å². The number of ether oxygens (including phenoxy) is 1. The Kier molecular flexibility index (Phi) is 4.07. The molecule has 0 unspecified atom stereocenters. The highest BCUT2D eigenvalue weighted by Crippen LogP contribution is 2.35. The maximum Gasteiger partial charge on any atom is 0.573 e. The molecule has 0 saturated carbocycles. The molecule has 7 heteroatoms. The predicted octanol–water partition coefficient (Wildman–Crippen LogP) is 4.39. The molecule has 1 aromatic carbocycles. The monoisotopic (exact) mass is 311 g/mol. The van der Waals surface area contributed by atoms with Gasteiger partial charge in [-0.25, -0.2) is 0 Å². The van der Waals surface area contributed by atoms with Gasteiger partial charge in [-0.15, -0.1) is 13.2 Å². The molecule has 0 aliphatic carbocycles. The zero-order valence-corrected chi connectivity index (χ0v) is 10.3. The van der Waals surface area contributed by atoms with Crippen LogP contribution in [0.25, 0.3) is 0 Å². The number of aryl methyl sites for hydroxylation is 1. The molecule has 0 fully saturated rings. The van der Waals surface area contributed by atoms with Crippen LogP contribution >= 0.6 is 28.1 Å². The van der Waals surface area contributed by atoms with Crippen LogP contribution in [0, 0.1) is 6.92 Å². The van der Waals surface area contributed by atoms with Crippen LogP contribution in [0.4, 0.5) is 18.9 Å². The molecule has 0 atom stereocenters. The lowest BCUT2D eigenvalue weighted by Crippen LogP contribution is -2.17. The lowest BCUT2D eigenvalue weighted by atomic mass is 10.2. The minimum atomic E-state index is -4.71. The quantitative estimate of drug-likeness (QED) is 0.597. The van der Waals surface area contributed by atoms with E-state index in [1.54, 1.807) is 6.92 Å². The van der Waals surface area contributed by atoms with E-state index in [2.05, 4.69) is 43.0 Å². The Bertz CT molecular complexity index is 432. The van der Waals surface area contributed by atoms with Gasteiger partial charge in [-0.1, -0.05) is 0 Å². The van der Waals surface area contributed by atoms with E-state index >= 15 is 0 Å². The van der Waals surface area contributed by atoms with Crippen molar-refractivity contribution in [2.24, 2.45) is 4.99 Å². The van der Waals surface area contributed by atoms with Gasteiger partial charge in [0, 0.05) is 4.47 Å². The molecule has 1 aromatic rings. The number of nitrogens with zero attached hydrogens (tertiary/aromatic N) is 1. The fourth-order valence-electron chi connectivity index (χ4n) is 1.08. The molecule has 0 aliphatic heterocycles. The lowest BCUT2D eigenvalue weighted by molar-refractivity contribution is -0.274. The Hall–Kier alpha value is -0.910. The molecular weight excluding hydrogens is 307 g/mol. The van der Waals surface area contributed by atoms with Gasteiger partial charge in [-0.05, 0) is 52.8 Å². The zero-order chi connectivity index (χ0) is 12.3.